The molecule has 1 saturated carbocycles. The lowest BCUT2D eigenvalue weighted by molar-refractivity contribution is 0.311. The Labute approximate surface area is 182 Å². The molecule has 1 saturated heterocycles. The third kappa shape index (κ3) is 4.77. The van der Waals surface area contributed by atoms with Crippen molar-refractivity contribution >= 4 is 23.7 Å². The van der Waals surface area contributed by atoms with Gasteiger partial charge in [0, 0.05) is 43.9 Å². The lowest BCUT2D eigenvalue weighted by Crippen LogP contribution is -2.45. The summed E-state index contributed by atoms with van der Waals surface area (Å²) in [6.45, 7) is 5.87. The van der Waals surface area contributed by atoms with Gasteiger partial charge in [-0.1, -0.05) is 30.3 Å². The van der Waals surface area contributed by atoms with Gasteiger partial charge < -0.3 is 20.4 Å². The molecule has 1 aliphatic carbocycles. The Morgan fingerprint density at radius 3 is 2.48 bits per heavy atom. The van der Waals surface area contributed by atoms with Gasteiger partial charge in [0.2, 0.25) is 17.8 Å². The highest BCUT2D eigenvalue weighted by Gasteiger charge is 2.26. The second-order valence-electron chi connectivity index (χ2n) is 8.46. The van der Waals surface area contributed by atoms with Crippen LogP contribution in [0.4, 0.5) is 23.7 Å². The van der Waals surface area contributed by atoms with Crippen LogP contribution in [0.3, 0.4) is 0 Å². The van der Waals surface area contributed by atoms with Crippen LogP contribution >= 0.6 is 0 Å². The van der Waals surface area contributed by atoms with Crippen molar-refractivity contribution in [3.8, 4) is 0 Å². The van der Waals surface area contributed by atoms with Gasteiger partial charge in [-0.15, -0.1) is 0 Å². The van der Waals surface area contributed by atoms with Gasteiger partial charge in [-0.2, -0.15) is 20.1 Å². The van der Waals surface area contributed by atoms with Crippen LogP contribution in [0.5, 0.6) is 0 Å². The van der Waals surface area contributed by atoms with Crippen molar-refractivity contribution in [2.45, 2.75) is 31.7 Å². The molecule has 2 aliphatic rings. The van der Waals surface area contributed by atoms with E-state index in [1.807, 2.05) is 18.2 Å². The summed E-state index contributed by atoms with van der Waals surface area (Å²) in [5.74, 6) is 3.10. The molecular weight excluding hydrogens is 390 g/mol. The lowest BCUT2D eigenvalue weighted by Gasteiger charge is -2.32. The van der Waals surface area contributed by atoms with Crippen LogP contribution in [0.2, 0.25) is 0 Å². The van der Waals surface area contributed by atoms with E-state index >= 15 is 0 Å². The molecule has 1 aromatic carbocycles. The number of piperazine rings is 1. The summed E-state index contributed by atoms with van der Waals surface area (Å²) in [7, 11) is 2.14. The van der Waals surface area contributed by atoms with E-state index < -0.39 is 0 Å². The maximum atomic E-state index is 4.74. The Bertz CT molecular complexity index is 1010. The fourth-order valence-electron chi connectivity index (χ4n) is 3.77. The number of hydrogen-bond acceptors (Lipinski definition) is 8. The number of likely N-dealkylation sites (N-methyl/N-ethyl adjacent to an activating group) is 1. The smallest absolute Gasteiger partial charge is 0.235 e. The zero-order valence-corrected chi connectivity index (χ0v) is 18.0. The maximum Gasteiger partial charge on any atom is 0.235 e. The first-order valence-electron chi connectivity index (χ1n) is 11.0. The van der Waals surface area contributed by atoms with E-state index in [0.29, 0.717) is 23.8 Å². The average Bonchev–Trinajstić information content (AvgIpc) is 3.54. The monoisotopic (exact) mass is 419 g/mol. The molecule has 162 valence electrons. The predicted octanol–water partition coefficient (Wildman–Crippen LogP) is 3.14. The van der Waals surface area contributed by atoms with E-state index in [2.05, 4.69) is 67.8 Å². The molecule has 2 aromatic heterocycles. The normalized spacial score (nSPS) is 18.1. The van der Waals surface area contributed by atoms with Crippen LogP contribution in [0.1, 0.15) is 43.0 Å². The van der Waals surface area contributed by atoms with Gasteiger partial charge in [0.15, 0.2) is 5.82 Å². The Morgan fingerprint density at radius 1 is 1.00 bits per heavy atom. The van der Waals surface area contributed by atoms with Gasteiger partial charge in [-0.05, 0) is 32.4 Å². The summed E-state index contributed by atoms with van der Waals surface area (Å²) >= 11 is 0. The second kappa shape index (κ2) is 8.50. The number of rotatable bonds is 7. The first-order chi connectivity index (χ1) is 15.1. The first kappa shape index (κ1) is 19.7. The lowest BCUT2D eigenvalue weighted by atomic mass is 10.1. The number of nitrogens with one attached hydrogen (secondary N) is 3. The summed E-state index contributed by atoms with van der Waals surface area (Å²) in [5, 5.41) is 14.2. The van der Waals surface area contributed by atoms with Gasteiger partial charge >= 0.3 is 0 Å². The highest BCUT2D eigenvalue weighted by atomic mass is 15.4. The van der Waals surface area contributed by atoms with Crippen LogP contribution in [0.25, 0.3) is 0 Å². The SMILES string of the molecule is CC(Nc1nc(Nc2cc(C3CC3)[nH]n2)nc(N2CCN(C)CC2)n1)c1ccccc1. The Morgan fingerprint density at radius 2 is 1.74 bits per heavy atom. The van der Waals surface area contributed by atoms with Crippen LogP contribution in [-0.2, 0) is 0 Å². The minimum absolute atomic E-state index is 0.0728. The van der Waals surface area contributed by atoms with E-state index in [9.17, 15) is 0 Å². The second-order valence-corrected chi connectivity index (χ2v) is 8.46. The molecule has 0 bridgehead atoms. The van der Waals surface area contributed by atoms with E-state index in [4.69, 9.17) is 9.97 Å². The third-order valence-electron chi connectivity index (χ3n) is 5.91. The highest BCUT2D eigenvalue weighted by molar-refractivity contribution is 5.53. The fraction of sp³-hybridized carbons (Fsp3) is 0.455. The van der Waals surface area contributed by atoms with Gasteiger partial charge in [-0.25, -0.2) is 0 Å². The van der Waals surface area contributed by atoms with Crippen molar-refractivity contribution in [2.75, 3.05) is 48.8 Å². The molecule has 0 radical (unpaired) electrons. The molecule has 9 heteroatoms. The highest BCUT2D eigenvalue weighted by Crippen LogP contribution is 2.39. The molecule has 3 N–H and O–H groups in total. The fourth-order valence-corrected chi connectivity index (χ4v) is 3.77. The molecule has 3 aromatic rings. The van der Waals surface area contributed by atoms with Gasteiger partial charge in [0.25, 0.3) is 0 Å². The largest absolute Gasteiger partial charge is 0.348 e. The minimum atomic E-state index is 0.0728. The summed E-state index contributed by atoms with van der Waals surface area (Å²) in [5.41, 5.74) is 2.35. The van der Waals surface area contributed by atoms with Crippen LogP contribution in [0.15, 0.2) is 36.4 Å². The molecule has 1 atom stereocenters. The molecule has 1 unspecified atom stereocenters. The number of benzene rings is 1. The predicted molar refractivity (Wildman–Crippen MR) is 122 cm³/mol. The number of aromatic amines is 1. The molecule has 5 rings (SSSR count). The van der Waals surface area contributed by atoms with Gasteiger partial charge in [0.05, 0.1) is 6.04 Å². The zero-order chi connectivity index (χ0) is 21.2. The van der Waals surface area contributed by atoms with Crippen LogP contribution < -0.4 is 15.5 Å². The molecule has 1 aliphatic heterocycles. The molecule has 0 spiro atoms. The van der Waals surface area contributed by atoms with Crippen molar-refractivity contribution < 1.29 is 0 Å². The van der Waals surface area contributed by atoms with Crippen molar-refractivity contribution in [1.29, 1.82) is 0 Å². The van der Waals surface area contributed by atoms with E-state index in [1.165, 1.54) is 24.1 Å². The number of nitrogens with zero attached hydrogens (tertiary/aromatic N) is 6. The Kier molecular flexibility index (Phi) is 5.42. The minimum Gasteiger partial charge on any atom is -0.348 e. The first-order valence-corrected chi connectivity index (χ1v) is 11.0. The Hall–Kier alpha value is -3.20. The summed E-state index contributed by atoms with van der Waals surface area (Å²) in [4.78, 5) is 18.6. The van der Waals surface area contributed by atoms with Gasteiger partial charge in [-0.3, -0.25) is 5.10 Å². The maximum absolute atomic E-state index is 4.74. The molecular formula is C22H29N9. The molecule has 0 amide bonds. The number of aromatic nitrogens is 5. The van der Waals surface area contributed by atoms with Gasteiger partial charge in [0.1, 0.15) is 0 Å². The van der Waals surface area contributed by atoms with E-state index in [1.54, 1.807) is 0 Å². The zero-order valence-electron chi connectivity index (χ0n) is 18.0. The van der Waals surface area contributed by atoms with E-state index in [-0.39, 0.29) is 6.04 Å². The standard InChI is InChI=1S/C22H29N9/c1-15(16-6-4-3-5-7-16)23-20-25-21(24-19-14-18(28-29-19)17-8-9-17)27-22(26-20)31-12-10-30(2)11-13-31/h3-7,14-15,17H,8-13H2,1-2H3,(H3,23,24,25,26,27,28,29). The van der Waals surface area contributed by atoms with E-state index in [0.717, 1.165) is 32.0 Å². The summed E-state index contributed by atoms with van der Waals surface area (Å²) < 4.78 is 0. The van der Waals surface area contributed by atoms with Crippen molar-refractivity contribution in [3.05, 3.63) is 47.7 Å². The average molecular weight is 420 g/mol. The van der Waals surface area contributed by atoms with Crippen molar-refractivity contribution in [2.24, 2.45) is 0 Å². The number of anilines is 4. The van der Waals surface area contributed by atoms with Crippen molar-refractivity contribution in [1.82, 2.24) is 30.0 Å². The third-order valence-corrected chi connectivity index (χ3v) is 5.91. The van der Waals surface area contributed by atoms with Crippen LogP contribution in [-0.4, -0.2) is 63.3 Å². The summed E-state index contributed by atoms with van der Waals surface area (Å²) in [6, 6.07) is 12.4. The molecule has 2 fully saturated rings. The summed E-state index contributed by atoms with van der Waals surface area (Å²) in [6.07, 6.45) is 2.46. The quantitative estimate of drug-likeness (QED) is 0.537. The molecule has 3 heterocycles. The van der Waals surface area contributed by atoms with Crippen LogP contribution in [0, 0.1) is 0 Å². The number of hydrogen-bond donors (Lipinski definition) is 3. The van der Waals surface area contributed by atoms with Crippen molar-refractivity contribution in [3.63, 3.8) is 0 Å². The topological polar surface area (TPSA) is 97.9 Å². The molecule has 31 heavy (non-hydrogen) atoms. The molecule has 9 nitrogen and oxygen atoms in total. The Balaban J connectivity index is 1.39. The number of H-pyrrole nitrogens is 1.